The zero-order chi connectivity index (χ0) is 11.9. The first-order valence-electron chi connectivity index (χ1n) is 5.70. The zero-order valence-corrected chi connectivity index (χ0v) is 9.42. The Labute approximate surface area is 103 Å². The number of hydrogen-bond acceptors (Lipinski definition) is 4. The number of benzene rings is 2. The Bertz CT molecular complexity index is 796. The fraction of sp³-hybridized carbons (Fsp3) is 0. The Hall–Kier alpha value is -2.62. The molecule has 0 aliphatic carbocycles. The van der Waals surface area contributed by atoms with Crippen LogP contribution in [0.25, 0.3) is 28.1 Å². The number of nitrogens with one attached hydrogen (secondary N) is 1. The molecule has 3 aromatic rings. The molecule has 0 unspecified atom stereocenters. The summed E-state index contributed by atoms with van der Waals surface area (Å²) in [6, 6.07) is 11.8. The summed E-state index contributed by atoms with van der Waals surface area (Å²) in [7, 11) is 0. The highest BCUT2D eigenvalue weighted by Crippen LogP contribution is 2.30. The van der Waals surface area contributed by atoms with Gasteiger partial charge in [0.2, 0.25) is 0 Å². The molecule has 1 N–H and O–H groups in total. The molecule has 2 heterocycles. The van der Waals surface area contributed by atoms with Gasteiger partial charge in [0.05, 0.1) is 16.6 Å². The van der Waals surface area contributed by atoms with Gasteiger partial charge in [0.15, 0.2) is 5.75 Å². The van der Waals surface area contributed by atoms with Gasteiger partial charge in [-0.05, 0) is 30.3 Å². The van der Waals surface area contributed by atoms with Gasteiger partial charge in [-0.2, -0.15) is 0 Å². The average molecular weight is 235 g/mol. The Morgan fingerprint density at radius 1 is 0.889 bits per heavy atom. The first-order chi connectivity index (χ1) is 8.92. The van der Waals surface area contributed by atoms with E-state index in [2.05, 4.69) is 15.4 Å². The molecule has 86 valence electrons. The predicted molar refractivity (Wildman–Crippen MR) is 69.8 cm³/mol. The number of rotatable bonds is 0. The lowest BCUT2D eigenvalue weighted by Crippen LogP contribution is -2.15. The molecule has 1 aromatic heterocycles. The van der Waals surface area contributed by atoms with E-state index < -0.39 is 0 Å². The van der Waals surface area contributed by atoms with Crippen LogP contribution in [-0.4, -0.2) is 9.97 Å². The number of nitrogens with zero attached hydrogens (tertiary/aromatic N) is 2. The van der Waals surface area contributed by atoms with Crippen LogP contribution in [0.4, 0.5) is 0 Å². The van der Waals surface area contributed by atoms with E-state index in [0.717, 1.165) is 33.4 Å². The van der Waals surface area contributed by atoms with E-state index in [9.17, 15) is 0 Å². The van der Waals surface area contributed by atoms with E-state index >= 15 is 0 Å². The third kappa shape index (κ3) is 1.26. The van der Waals surface area contributed by atoms with Crippen molar-refractivity contribution in [2.45, 2.75) is 0 Å². The van der Waals surface area contributed by atoms with Gasteiger partial charge in [-0.3, -0.25) is 0 Å². The van der Waals surface area contributed by atoms with E-state index in [1.54, 1.807) is 6.20 Å². The first kappa shape index (κ1) is 9.41. The molecule has 1 aliphatic rings. The van der Waals surface area contributed by atoms with Crippen LogP contribution in [-0.2, 0) is 0 Å². The van der Waals surface area contributed by atoms with Crippen molar-refractivity contribution in [3.63, 3.8) is 0 Å². The van der Waals surface area contributed by atoms with Crippen molar-refractivity contribution in [2.24, 2.45) is 0 Å². The van der Waals surface area contributed by atoms with Crippen LogP contribution in [0.1, 0.15) is 5.56 Å². The fourth-order valence-electron chi connectivity index (χ4n) is 2.13. The number of fused-ring (bicyclic) bond motifs is 4. The number of aromatic nitrogens is 2. The minimum Gasteiger partial charge on any atom is -0.380 e. The van der Waals surface area contributed by atoms with E-state index in [-0.39, 0.29) is 0 Å². The Balaban J connectivity index is 2.15. The molecule has 2 aromatic carbocycles. The highest BCUT2D eigenvalue weighted by atomic mass is 16.6. The van der Waals surface area contributed by atoms with Crippen molar-refractivity contribution in [3.05, 3.63) is 48.2 Å². The Kier molecular flexibility index (Phi) is 1.80. The van der Waals surface area contributed by atoms with Crippen LogP contribution in [0.3, 0.4) is 0 Å². The van der Waals surface area contributed by atoms with Crippen molar-refractivity contribution in [3.8, 4) is 5.75 Å². The summed E-state index contributed by atoms with van der Waals surface area (Å²) < 4.78 is 0. The maximum absolute atomic E-state index is 5.45. The van der Waals surface area contributed by atoms with Gasteiger partial charge in [0, 0.05) is 11.8 Å². The van der Waals surface area contributed by atoms with Crippen molar-refractivity contribution >= 4 is 28.1 Å². The van der Waals surface area contributed by atoms with Crippen molar-refractivity contribution in [2.75, 3.05) is 0 Å². The topological polar surface area (TPSA) is 47.0 Å². The quantitative estimate of drug-likeness (QED) is 0.608. The third-order valence-corrected chi connectivity index (χ3v) is 2.99. The van der Waals surface area contributed by atoms with Crippen LogP contribution in [0.5, 0.6) is 5.75 Å². The maximum atomic E-state index is 5.45. The summed E-state index contributed by atoms with van der Waals surface area (Å²) in [6.07, 6.45) is 3.71. The first-order valence-corrected chi connectivity index (χ1v) is 5.70. The van der Waals surface area contributed by atoms with Gasteiger partial charge in [0.25, 0.3) is 0 Å². The second-order valence-corrected chi connectivity index (χ2v) is 4.12. The van der Waals surface area contributed by atoms with E-state index in [1.807, 2.05) is 42.5 Å². The van der Waals surface area contributed by atoms with Crippen molar-refractivity contribution in [1.29, 1.82) is 0 Å². The van der Waals surface area contributed by atoms with Crippen LogP contribution < -0.4 is 10.3 Å². The van der Waals surface area contributed by atoms with Crippen molar-refractivity contribution < 1.29 is 4.84 Å². The monoisotopic (exact) mass is 235 g/mol. The smallest absolute Gasteiger partial charge is 0.190 e. The normalized spacial score (nSPS) is 13.1. The fourth-order valence-corrected chi connectivity index (χ4v) is 2.13. The molecule has 1 aliphatic heterocycles. The molecule has 0 amide bonds. The summed E-state index contributed by atoms with van der Waals surface area (Å²) in [5.41, 5.74) is 7.12. The Morgan fingerprint density at radius 2 is 1.72 bits per heavy atom. The van der Waals surface area contributed by atoms with E-state index in [0.29, 0.717) is 0 Å². The molecular weight excluding hydrogens is 226 g/mol. The van der Waals surface area contributed by atoms with Crippen LogP contribution in [0.2, 0.25) is 0 Å². The highest BCUT2D eigenvalue weighted by molar-refractivity contribution is 5.92. The third-order valence-electron chi connectivity index (χ3n) is 2.99. The average Bonchev–Trinajstić information content (AvgIpc) is 2.45. The Morgan fingerprint density at radius 3 is 2.61 bits per heavy atom. The second-order valence-electron chi connectivity index (χ2n) is 4.12. The standard InChI is InChI=1S/C14H9N3O/c1-2-4-11-10(3-1)16-12-6-5-9-7-8-15-18-14(9)13(12)17-11/h1-8,15H. The lowest BCUT2D eigenvalue weighted by Gasteiger charge is -2.14. The number of para-hydroxylation sites is 2. The SMILES string of the molecule is C1=Cc2ccc3nc4ccccc4nc3c2ON1. The molecule has 4 rings (SSSR count). The summed E-state index contributed by atoms with van der Waals surface area (Å²) in [4.78, 5) is 14.7. The van der Waals surface area contributed by atoms with Gasteiger partial charge in [-0.1, -0.05) is 12.1 Å². The van der Waals surface area contributed by atoms with E-state index in [1.165, 1.54) is 0 Å². The molecule has 0 saturated carbocycles. The summed E-state index contributed by atoms with van der Waals surface area (Å²) in [5.74, 6) is 0.730. The van der Waals surface area contributed by atoms with Crippen molar-refractivity contribution in [1.82, 2.24) is 15.4 Å². The highest BCUT2D eigenvalue weighted by Gasteiger charge is 2.13. The molecule has 0 bridgehead atoms. The van der Waals surface area contributed by atoms with Crippen LogP contribution >= 0.6 is 0 Å². The molecular formula is C14H9N3O. The van der Waals surface area contributed by atoms with Gasteiger partial charge in [-0.25, -0.2) is 15.4 Å². The maximum Gasteiger partial charge on any atom is 0.190 e. The summed E-state index contributed by atoms with van der Waals surface area (Å²) >= 11 is 0. The van der Waals surface area contributed by atoms with E-state index in [4.69, 9.17) is 4.84 Å². The number of hydrogen-bond donors (Lipinski definition) is 1. The van der Waals surface area contributed by atoms with Gasteiger partial charge in [0.1, 0.15) is 5.52 Å². The summed E-state index contributed by atoms with van der Waals surface area (Å²) in [6.45, 7) is 0. The molecule has 0 radical (unpaired) electrons. The van der Waals surface area contributed by atoms with Gasteiger partial charge < -0.3 is 4.84 Å². The molecule has 0 spiro atoms. The summed E-state index contributed by atoms with van der Waals surface area (Å²) in [5, 5.41) is 0. The molecule has 18 heavy (non-hydrogen) atoms. The number of hydroxylamine groups is 1. The molecule has 0 atom stereocenters. The lowest BCUT2D eigenvalue weighted by molar-refractivity contribution is 0.242. The minimum absolute atomic E-state index is 0.730. The zero-order valence-electron chi connectivity index (χ0n) is 9.42. The van der Waals surface area contributed by atoms with Crippen LogP contribution in [0.15, 0.2) is 42.6 Å². The largest absolute Gasteiger partial charge is 0.380 e. The second kappa shape index (κ2) is 3.43. The lowest BCUT2D eigenvalue weighted by atomic mass is 10.1. The van der Waals surface area contributed by atoms with Gasteiger partial charge in [-0.15, -0.1) is 0 Å². The molecule has 4 nitrogen and oxygen atoms in total. The predicted octanol–water partition coefficient (Wildman–Crippen LogP) is 2.65. The molecule has 0 saturated heterocycles. The van der Waals surface area contributed by atoms with Gasteiger partial charge >= 0.3 is 0 Å². The van der Waals surface area contributed by atoms with Crippen LogP contribution in [0, 0.1) is 0 Å². The molecule has 4 heteroatoms. The minimum atomic E-state index is 0.730. The molecule has 0 fully saturated rings.